The van der Waals surface area contributed by atoms with Crippen molar-refractivity contribution in [2.24, 2.45) is 5.41 Å². The van der Waals surface area contributed by atoms with Gasteiger partial charge in [0.25, 0.3) is 0 Å². The molecule has 0 aliphatic carbocycles. The molecule has 4 nitrogen and oxygen atoms in total. The molecular formula is C13H23N3O. The number of methoxy groups -OCH3 is 1. The van der Waals surface area contributed by atoms with E-state index in [0.29, 0.717) is 5.88 Å². The first-order chi connectivity index (χ1) is 7.98. The van der Waals surface area contributed by atoms with Crippen LogP contribution in [0.2, 0.25) is 0 Å². The van der Waals surface area contributed by atoms with Gasteiger partial charge in [0.1, 0.15) is 5.69 Å². The molecule has 17 heavy (non-hydrogen) atoms. The highest BCUT2D eigenvalue weighted by molar-refractivity contribution is 5.21. The Morgan fingerprint density at radius 3 is 2.47 bits per heavy atom. The number of hydrogen-bond acceptors (Lipinski definition) is 4. The van der Waals surface area contributed by atoms with Crippen LogP contribution in [0.15, 0.2) is 12.4 Å². The first kappa shape index (κ1) is 13.9. The van der Waals surface area contributed by atoms with Gasteiger partial charge in [-0.25, -0.2) is 4.98 Å². The molecule has 0 fully saturated rings. The van der Waals surface area contributed by atoms with E-state index in [1.165, 1.54) is 0 Å². The molecule has 0 aliphatic heterocycles. The van der Waals surface area contributed by atoms with Gasteiger partial charge in [0.05, 0.1) is 13.2 Å². The van der Waals surface area contributed by atoms with Gasteiger partial charge in [0, 0.05) is 12.4 Å². The third kappa shape index (κ3) is 4.30. The first-order valence-corrected chi connectivity index (χ1v) is 6.06. The van der Waals surface area contributed by atoms with Crippen LogP contribution in [0.3, 0.4) is 0 Å². The SMILES string of the molecule is CCNC(CC(C)(C)C)c1nccnc1OC. The maximum Gasteiger partial charge on any atom is 0.236 e. The molecule has 0 aromatic carbocycles. The van der Waals surface area contributed by atoms with E-state index in [2.05, 4.69) is 43.0 Å². The molecule has 1 N–H and O–H groups in total. The Bertz CT molecular complexity index is 347. The zero-order valence-corrected chi connectivity index (χ0v) is 11.4. The molecule has 0 saturated heterocycles. The third-order valence-electron chi connectivity index (χ3n) is 2.48. The molecule has 1 aromatic heterocycles. The molecule has 0 radical (unpaired) electrons. The number of aromatic nitrogens is 2. The lowest BCUT2D eigenvalue weighted by atomic mass is 9.87. The standard InChI is InChI=1S/C13H23N3O/c1-6-14-10(9-13(2,3)4)11-12(17-5)16-8-7-15-11/h7-8,10,14H,6,9H2,1-5H3. The maximum absolute atomic E-state index is 5.27. The fourth-order valence-corrected chi connectivity index (χ4v) is 1.86. The van der Waals surface area contributed by atoms with E-state index in [1.54, 1.807) is 19.5 Å². The minimum absolute atomic E-state index is 0.184. The maximum atomic E-state index is 5.27. The van der Waals surface area contributed by atoms with Crippen LogP contribution in [0, 0.1) is 5.41 Å². The van der Waals surface area contributed by atoms with Gasteiger partial charge in [-0.15, -0.1) is 0 Å². The highest BCUT2D eigenvalue weighted by Gasteiger charge is 2.23. The van der Waals surface area contributed by atoms with Crippen molar-refractivity contribution >= 4 is 0 Å². The van der Waals surface area contributed by atoms with E-state index in [4.69, 9.17) is 4.74 Å². The number of rotatable bonds is 5. The number of nitrogens with zero attached hydrogens (tertiary/aromatic N) is 2. The van der Waals surface area contributed by atoms with Gasteiger partial charge < -0.3 is 10.1 Å². The van der Waals surface area contributed by atoms with Crippen LogP contribution in [0.4, 0.5) is 0 Å². The summed E-state index contributed by atoms with van der Waals surface area (Å²) in [4.78, 5) is 8.61. The monoisotopic (exact) mass is 237 g/mol. The van der Waals surface area contributed by atoms with Gasteiger partial charge in [-0.1, -0.05) is 27.7 Å². The number of hydrogen-bond donors (Lipinski definition) is 1. The first-order valence-electron chi connectivity index (χ1n) is 6.06. The second kappa shape index (κ2) is 5.96. The van der Waals surface area contributed by atoms with Crippen LogP contribution < -0.4 is 10.1 Å². The summed E-state index contributed by atoms with van der Waals surface area (Å²) >= 11 is 0. The summed E-state index contributed by atoms with van der Waals surface area (Å²) in [5, 5.41) is 3.45. The molecule has 4 heteroatoms. The average molecular weight is 237 g/mol. The Morgan fingerprint density at radius 1 is 1.29 bits per heavy atom. The fraction of sp³-hybridized carbons (Fsp3) is 0.692. The molecular weight excluding hydrogens is 214 g/mol. The normalized spacial score (nSPS) is 13.5. The van der Waals surface area contributed by atoms with Gasteiger partial charge in [-0.05, 0) is 18.4 Å². The Kier molecular flexibility index (Phi) is 4.87. The largest absolute Gasteiger partial charge is 0.480 e. The molecule has 0 amide bonds. The zero-order chi connectivity index (χ0) is 12.9. The van der Waals surface area contributed by atoms with E-state index in [9.17, 15) is 0 Å². The summed E-state index contributed by atoms with van der Waals surface area (Å²) < 4.78 is 5.27. The van der Waals surface area contributed by atoms with Gasteiger partial charge >= 0.3 is 0 Å². The van der Waals surface area contributed by atoms with E-state index >= 15 is 0 Å². The Labute approximate surface area is 104 Å². The molecule has 0 saturated carbocycles. The topological polar surface area (TPSA) is 47.0 Å². The van der Waals surface area contributed by atoms with Crippen LogP contribution in [0.5, 0.6) is 5.88 Å². The van der Waals surface area contributed by atoms with Crippen LogP contribution in [-0.4, -0.2) is 23.6 Å². The second-order valence-corrected chi connectivity index (χ2v) is 5.33. The molecule has 1 atom stereocenters. The summed E-state index contributed by atoms with van der Waals surface area (Å²) in [5.74, 6) is 0.614. The van der Waals surface area contributed by atoms with E-state index in [0.717, 1.165) is 18.7 Å². The van der Waals surface area contributed by atoms with Gasteiger partial charge in [-0.2, -0.15) is 0 Å². The Morgan fingerprint density at radius 2 is 1.94 bits per heavy atom. The highest BCUT2D eigenvalue weighted by Crippen LogP contribution is 2.31. The molecule has 96 valence electrons. The molecule has 0 aliphatic rings. The lowest BCUT2D eigenvalue weighted by Crippen LogP contribution is -2.27. The van der Waals surface area contributed by atoms with Crippen molar-refractivity contribution in [3.05, 3.63) is 18.1 Å². The second-order valence-electron chi connectivity index (χ2n) is 5.33. The minimum Gasteiger partial charge on any atom is -0.480 e. The predicted molar refractivity (Wildman–Crippen MR) is 69.1 cm³/mol. The summed E-state index contributed by atoms with van der Waals surface area (Å²) in [6.07, 6.45) is 4.36. The minimum atomic E-state index is 0.184. The van der Waals surface area contributed by atoms with Gasteiger partial charge in [0.15, 0.2) is 0 Å². The van der Waals surface area contributed by atoms with Crippen LogP contribution in [0.25, 0.3) is 0 Å². The van der Waals surface area contributed by atoms with E-state index in [-0.39, 0.29) is 11.5 Å². The van der Waals surface area contributed by atoms with Crippen molar-refractivity contribution < 1.29 is 4.74 Å². The molecule has 1 unspecified atom stereocenters. The van der Waals surface area contributed by atoms with Crippen LogP contribution >= 0.6 is 0 Å². The molecule has 0 bridgehead atoms. The fourth-order valence-electron chi connectivity index (χ4n) is 1.86. The van der Waals surface area contributed by atoms with Crippen molar-refractivity contribution in [1.82, 2.24) is 15.3 Å². The predicted octanol–water partition coefficient (Wildman–Crippen LogP) is 2.57. The number of nitrogens with one attached hydrogen (secondary N) is 1. The Hall–Kier alpha value is -1.16. The van der Waals surface area contributed by atoms with Crippen molar-refractivity contribution in [3.8, 4) is 5.88 Å². The lowest BCUT2D eigenvalue weighted by Gasteiger charge is -2.26. The van der Waals surface area contributed by atoms with Crippen molar-refractivity contribution in [2.45, 2.75) is 40.2 Å². The third-order valence-corrected chi connectivity index (χ3v) is 2.48. The average Bonchev–Trinajstić information content (AvgIpc) is 2.27. The van der Waals surface area contributed by atoms with Crippen molar-refractivity contribution in [1.29, 1.82) is 0 Å². The van der Waals surface area contributed by atoms with Crippen molar-refractivity contribution in [3.63, 3.8) is 0 Å². The summed E-state index contributed by atoms with van der Waals surface area (Å²) in [7, 11) is 1.63. The number of ether oxygens (including phenoxy) is 1. The van der Waals surface area contributed by atoms with E-state index in [1.807, 2.05) is 0 Å². The molecule has 1 rings (SSSR count). The summed E-state index contributed by atoms with van der Waals surface area (Å²) in [6.45, 7) is 9.67. The molecule has 1 aromatic rings. The summed E-state index contributed by atoms with van der Waals surface area (Å²) in [5.41, 5.74) is 1.13. The highest BCUT2D eigenvalue weighted by atomic mass is 16.5. The summed E-state index contributed by atoms with van der Waals surface area (Å²) in [6, 6.07) is 0.184. The Balaban J connectivity index is 2.96. The van der Waals surface area contributed by atoms with Crippen LogP contribution in [0.1, 0.15) is 45.9 Å². The smallest absolute Gasteiger partial charge is 0.236 e. The quantitative estimate of drug-likeness (QED) is 0.855. The van der Waals surface area contributed by atoms with E-state index < -0.39 is 0 Å². The zero-order valence-electron chi connectivity index (χ0n) is 11.4. The molecule has 0 spiro atoms. The molecule has 1 heterocycles. The van der Waals surface area contributed by atoms with Crippen LogP contribution in [-0.2, 0) is 0 Å². The van der Waals surface area contributed by atoms with Gasteiger partial charge in [0.2, 0.25) is 5.88 Å². The lowest BCUT2D eigenvalue weighted by molar-refractivity contribution is 0.299. The van der Waals surface area contributed by atoms with Crippen molar-refractivity contribution in [2.75, 3.05) is 13.7 Å². The van der Waals surface area contributed by atoms with Gasteiger partial charge in [-0.3, -0.25) is 4.98 Å².